The van der Waals surface area contributed by atoms with Crippen LogP contribution in [0.1, 0.15) is 31.3 Å². The topological polar surface area (TPSA) is 117 Å². The van der Waals surface area contributed by atoms with Crippen molar-refractivity contribution in [1.29, 1.82) is 5.26 Å². The van der Waals surface area contributed by atoms with Gasteiger partial charge in [0.2, 0.25) is 16.0 Å². The van der Waals surface area contributed by atoms with Crippen LogP contribution in [0.25, 0.3) is 16.2 Å². The van der Waals surface area contributed by atoms with E-state index in [9.17, 15) is 19.6 Å². The lowest BCUT2D eigenvalue weighted by Crippen LogP contribution is -2.61. The molecule has 0 aliphatic carbocycles. The Balaban J connectivity index is 1.25. The van der Waals surface area contributed by atoms with Gasteiger partial charge in [-0.3, -0.25) is 9.69 Å². The van der Waals surface area contributed by atoms with Gasteiger partial charge < -0.3 is 19.8 Å². The summed E-state index contributed by atoms with van der Waals surface area (Å²) in [5.74, 6) is 0.509. The molecule has 2 saturated heterocycles. The number of thiazole rings is 1. The number of hydrogen-bond acceptors (Lipinski definition) is 11. The summed E-state index contributed by atoms with van der Waals surface area (Å²) in [6.07, 6.45) is 0.295. The molecule has 1 N–H and O–H groups in total. The van der Waals surface area contributed by atoms with Crippen molar-refractivity contribution in [2.45, 2.75) is 45.4 Å². The fourth-order valence-electron chi connectivity index (χ4n) is 5.63. The summed E-state index contributed by atoms with van der Waals surface area (Å²) in [5.41, 5.74) is 2.08. The highest BCUT2D eigenvalue weighted by Crippen LogP contribution is 2.38. The minimum atomic E-state index is -0.400. The summed E-state index contributed by atoms with van der Waals surface area (Å²) in [5, 5.41) is 25.8. The van der Waals surface area contributed by atoms with Crippen molar-refractivity contribution in [1.82, 2.24) is 29.4 Å². The van der Waals surface area contributed by atoms with Crippen molar-refractivity contribution in [3.63, 3.8) is 0 Å². The number of halogens is 1. The van der Waals surface area contributed by atoms with Crippen molar-refractivity contribution in [3.05, 3.63) is 40.7 Å². The predicted octanol–water partition coefficient (Wildman–Crippen LogP) is 3.36. The molecule has 0 saturated carbocycles. The molecule has 0 unspecified atom stereocenters. The second kappa shape index (κ2) is 11.2. The fraction of sp³-hybridized carbons (Fsp3) is 0.464. The number of fused-ring (bicyclic) bond motifs is 1. The van der Waals surface area contributed by atoms with Gasteiger partial charge in [-0.25, -0.2) is 14.4 Å². The van der Waals surface area contributed by atoms with Gasteiger partial charge in [0.1, 0.15) is 22.5 Å². The quantitative estimate of drug-likeness (QED) is 0.337. The number of nitrogens with zero attached hydrogens (tertiary/aromatic N) is 9. The van der Waals surface area contributed by atoms with E-state index in [0.717, 1.165) is 34.7 Å². The molecule has 11 nitrogen and oxygen atoms in total. The van der Waals surface area contributed by atoms with Crippen LogP contribution in [0.3, 0.4) is 0 Å². The van der Waals surface area contributed by atoms with Gasteiger partial charge in [-0.05, 0) is 44.5 Å². The summed E-state index contributed by atoms with van der Waals surface area (Å²) in [6.45, 7) is 8.93. The standard InChI is InChI=1S/C28H32FN9O2S2/c1-5-21-25(34(4)26-32-24(22(10-30)41-26)18-6-8-19(29)9-7-18)38-27(31-21)42-28(33-38)36-11-16(2)37(17(3)12-36)15-23(40)35-13-20(39)14-35/h6-9,16-17,20,39H,5,11-15H2,1-4H3/t16-,17+. The zero-order chi connectivity index (χ0) is 29.7. The summed E-state index contributed by atoms with van der Waals surface area (Å²) < 4.78 is 15.4. The average molecular weight is 610 g/mol. The molecule has 0 spiro atoms. The van der Waals surface area contributed by atoms with Crippen LogP contribution in [0, 0.1) is 17.1 Å². The Morgan fingerprint density at radius 2 is 1.83 bits per heavy atom. The van der Waals surface area contributed by atoms with Crippen LogP contribution in [-0.2, 0) is 11.2 Å². The summed E-state index contributed by atoms with van der Waals surface area (Å²) in [6, 6.07) is 8.49. The van der Waals surface area contributed by atoms with Crippen LogP contribution in [0.5, 0.6) is 0 Å². The molecule has 0 bridgehead atoms. The largest absolute Gasteiger partial charge is 0.389 e. The molecule has 2 aliphatic heterocycles. The smallest absolute Gasteiger partial charge is 0.236 e. The van der Waals surface area contributed by atoms with E-state index >= 15 is 0 Å². The Hall–Kier alpha value is -3.64. The van der Waals surface area contributed by atoms with Crippen molar-refractivity contribution >= 4 is 49.6 Å². The van der Waals surface area contributed by atoms with Crippen LogP contribution < -0.4 is 9.80 Å². The number of anilines is 3. The second-order valence-electron chi connectivity index (χ2n) is 10.9. The predicted molar refractivity (Wildman–Crippen MR) is 161 cm³/mol. The minimum Gasteiger partial charge on any atom is -0.389 e. The summed E-state index contributed by atoms with van der Waals surface area (Å²) in [7, 11) is 1.90. The van der Waals surface area contributed by atoms with Gasteiger partial charge >= 0.3 is 0 Å². The number of likely N-dealkylation sites (tertiary alicyclic amines) is 1. The molecule has 6 rings (SSSR count). The lowest BCUT2D eigenvalue weighted by Gasteiger charge is -2.45. The highest BCUT2D eigenvalue weighted by atomic mass is 32.1. The number of carbonyl (C=O) groups is 1. The van der Waals surface area contributed by atoms with Gasteiger partial charge in [-0.2, -0.15) is 9.78 Å². The Labute approximate surface area is 251 Å². The first-order valence-electron chi connectivity index (χ1n) is 13.9. The number of β-amino-alcohol motifs (C(OH)–C–C–N with tert-alkyl or cyclic N) is 1. The number of imidazole rings is 1. The third-order valence-electron chi connectivity index (χ3n) is 7.92. The number of aromatic nitrogens is 4. The first kappa shape index (κ1) is 28.5. The van der Waals surface area contributed by atoms with Gasteiger partial charge in [0, 0.05) is 50.9 Å². The maximum absolute atomic E-state index is 13.5. The molecule has 1 aromatic carbocycles. The van der Waals surface area contributed by atoms with Crippen molar-refractivity contribution < 1.29 is 14.3 Å². The molecule has 42 heavy (non-hydrogen) atoms. The first-order valence-corrected chi connectivity index (χ1v) is 15.6. The van der Waals surface area contributed by atoms with Gasteiger partial charge in [-0.15, -0.1) is 5.10 Å². The Morgan fingerprint density at radius 1 is 1.14 bits per heavy atom. The number of nitriles is 1. The molecular formula is C28H32FN9O2S2. The van der Waals surface area contributed by atoms with Crippen LogP contribution in [-0.4, -0.2) is 98.4 Å². The van der Waals surface area contributed by atoms with E-state index in [1.807, 2.05) is 23.4 Å². The van der Waals surface area contributed by atoms with E-state index in [2.05, 4.69) is 29.7 Å². The van der Waals surface area contributed by atoms with Crippen LogP contribution in [0.4, 0.5) is 20.5 Å². The molecule has 1 amide bonds. The fourth-order valence-corrected chi connectivity index (χ4v) is 7.41. The van der Waals surface area contributed by atoms with E-state index in [1.54, 1.807) is 17.0 Å². The summed E-state index contributed by atoms with van der Waals surface area (Å²) in [4.78, 5) is 31.7. The van der Waals surface area contributed by atoms with Crippen LogP contribution >= 0.6 is 22.7 Å². The van der Waals surface area contributed by atoms with E-state index < -0.39 is 6.10 Å². The lowest BCUT2D eigenvalue weighted by atomic mass is 10.1. The molecule has 2 fully saturated rings. The monoisotopic (exact) mass is 609 g/mol. The van der Waals surface area contributed by atoms with Gasteiger partial charge in [-0.1, -0.05) is 29.6 Å². The first-order chi connectivity index (χ1) is 20.2. The number of aliphatic hydroxyl groups is 1. The number of amides is 1. The third-order valence-corrected chi connectivity index (χ3v) is 9.92. The Kier molecular flexibility index (Phi) is 7.61. The van der Waals surface area contributed by atoms with E-state index in [0.29, 0.717) is 47.3 Å². The SMILES string of the molecule is CCc1nc2sc(N3C[C@@H](C)N(CC(=O)N4CC(O)C4)[C@@H](C)C3)nn2c1N(C)c1nc(-c2ccc(F)cc2)c(C#N)s1. The van der Waals surface area contributed by atoms with Crippen molar-refractivity contribution in [2.75, 3.05) is 49.6 Å². The molecule has 5 heterocycles. The molecule has 2 atom stereocenters. The highest BCUT2D eigenvalue weighted by molar-refractivity contribution is 7.20. The van der Waals surface area contributed by atoms with E-state index in [4.69, 9.17) is 15.1 Å². The van der Waals surface area contributed by atoms with Gasteiger partial charge in [0.25, 0.3) is 0 Å². The molecule has 0 radical (unpaired) electrons. The highest BCUT2D eigenvalue weighted by Gasteiger charge is 2.36. The number of rotatable bonds is 7. The average Bonchev–Trinajstić information content (AvgIpc) is 3.65. The zero-order valence-corrected chi connectivity index (χ0v) is 25.5. The molecule has 14 heteroatoms. The van der Waals surface area contributed by atoms with E-state index in [-0.39, 0.29) is 23.8 Å². The van der Waals surface area contributed by atoms with Gasteiger partial charge in [0.15, 0.2) is 10.9 Å². The Morgan fingerprint density at radius 3 is 2.45 bits per heavy atom. The number of benzene rings is 1. The van der Waals surface area contributed by atoms with Crippen LogP contribution in [0.15, 0.2) is 24.3 Å². The second-order valence-corrected chi connectivity index (χ2v) is 12.8. The van der Waals surface area contributed by atoms with Gasteiger partial charge in [0.05, 0.1) is 18.3 Å². The minimum absolute atomic E-state index is 0.0595. The third kappa shape index (κ3) is 5.11. The Bertz CT molecular complexity index is 1640. The number of carbonyl (C=O) groups excluding carboxylic acids is 1. The van der Waals surface area contributed by atoms with Crippen molar-refractivity contribution in [2.24, 2.45) is 0 Å². The van der Waals surface area contributed by atoms with Crippen molar-refractivity contribution in [3.8, 4) is 17.3 Å². The number of hydrogen-bond donors (Lipinski definition) is 1. The summed E-state index contributed by atoms with van der Waals surface area (Å²) >= 11 is 2.80. The maximum Gasteiger partial charge on any atom is 0.236 e. The maximum atomic E-state index is 13.5. The molecule has 3 aromatic heterocycles. The molecule has 2 aliphatic rings. The lowest BCUT2D eigenvalue weighted by molar-refractivity contribution is -0.143. The molecule has 220 valence electrons. The zero-order valence-electron chi connectivity index (χ0n) is 23.9. The number of aliphatic hydroxyl groups excluding tert-OH is 1. The van der Waals surface area contributed by atoms with Crippen LogP contribution in [0.2, 0.25) is 0 Å². The number of piperazine rings is 1. The van der Waals surface area contributed by atoms with E-state index in [1.165, 1.54) is 34.8 Å². The normalized spacial score (nSPS) is 19.7. The number of aryl methyl sites for hydroxylation is 1. The molecule has 4 aromatic rings. The molecular weight excluding hydrogens is 578 g/mol.